The number of halogens is 1. The van der Waals surface area contributed by atoms with Gasteiger partial charge in [-0.1, -0.05) is 11.6 Å². The van der Waals surface area contributed by atoms with Crippen LogP contribution in [-0.4, -0.2) is 24.0 Å². The summed E-state index contributed by atoms with van der Waals surface area (Å²) in [4.78, 5) is 0. The standard InChI is InChI=1S/C13H16ClN3O2/c1-7-5-9(18-3)13(19-4)12(14)11(7)8-6-10(15)17(2)16-8/h5-6H,15H2,1-4H3. The van der Waals surface area contributed by atoms with E-state index in [1.165, 1.54) is 0 Å². The molecular formula is C13H16ClN3O2. The van der Waals surface area contributed by atoms with Crippen molar-refractivity contribution in [3.63, 3.8) is 0 Å². The fraction of sp³-hybridized carbons (Fsp3) is 0.308. The van der Waals surface area contributed by atoms with Crippen molar-refractivity contribution in [2.75, 3.05) is 20.0 Å². The molecule has 2 rings (SSSR count). The van der Waals surface area contributed by atoms with Crippen molar-refractivity contribution < 1.29 is 9.47 Å². The summed E-state index contributed by atoms with van der Waals surface area (Å²) in [6.07, 6.45) is 0. The first-order valence-electron chi connectivity index (χ1n) is 5.70. The molecule has 0 spiro atoms. The maximum atomic E-state index is 6.40. The van der Waals surface area contributed by atoms with E-state index in [4.69, 9.17) is 26.8 Å². The van der Waals surface area contributed by atoms with Gasteiger partial charge in [0.2, 0.25) is 0 Å². The molecule has 19 heavy (non-hydrogen) atoms. The average molecular weight is 282 g/mol. The minimum absolute atomic E-state index is 0.470. The number of hydrogen-bond donors (Lipinski definition) is 1. The van der Waals surface area contributed by atoms with E-state index in [9.17, 15) is 0 Å². The van der Waals surface area contributed by atoms with Gasteiger partial charge in [-0.05, 0) is 18.6 Å². The molecule has 2 aromatic rings. The zero-order valence-corrected chi connectivity index (χ0v) is 12.1. The monoisotopic (exact) mass is 281 g/mol. The molecule has 2 N–H and O–H groups in total. The zero-order valence-electron chi connectivity index (χ0n) is 11.3. The number of nitrogens with zero attached hydrogens (tertiary/aromatic N) is 2. The second-order valence-electron chi connectivity index (χ2n) is 4.20. The molecule has 1 heterocycles. The van der Waals surface area contributed by atoms with Crippen molar-refractivity contribution in [2.24, 2.45) is 7.05 Å². The molecule has 0 saturated heterocycles. The number of aryl methyl sites for hydroxylation is 2. The van der Waals surface area contributed by atoms with Gasteiger partial charge in [0.25, 0.3) is 0 Å². The van der Waals surface area contributed by atoms with E-state index < -0.39 is 0 Å². The first-order chi connectivity index (χ1) is 8.99. The van der Waals surface area contributed by atoms with Crippen LogP contribution < -0.4 is 15.2 Å². The summed E-state index contributed by atoms with van der Waals surface area (Å²) in [7, 11) is 4.91. The second-order valence-corrected chi connectivity index (χ2v) is 4.57. The summed E-state index contributed by atoms with van der Waals surface area (Å²) in [6, 6.07) is 3.64. The molecule has 5 nitrogen and oxygen atoms in total. The van der Waals surface area contributed by atoms with Crippen LogP contribution in [0.5, 0.6) is 11.5 Å². The van der Waals surface area contributed by atoms with Crippen LogP contribution in [0.2, 0.25) is 5.02 Å². The number of methoxy groups -OCH3 is 2. The topological polar surface area (TPSA) is 62.3 Å². The van der Waals surface area contributed by atoms with Gasteiger partial charge in [-0.3, -0.25) is 4.68 Å². The summed E-state index contributed by atoms with van der Waals surface area (Å²) in [5, 5.41) is 4.81. The van der Waals surface area contributed by atoms with Crippen LogP contribution in [0.3, 0.4) is 0 Å². The number of ether oxygens (including phenoxy) is 2. The summed E-state index contributed by atoms with van der Waals surface area (Å²) in [5.74, 6) is 1.66. The smallest absolute Gasteiger partial charge is 0.180 e. The molecule has 1 aromatic carbocycles. The third kappa shape index (κ3) is 2.21. The predicted octanol–water partition coefficient (Wildman–Crippen LogP) is 2.65. The number of nitrogen functional groups attached to an aromatic ring is 1. The quantitative estimate of drug-likeness (QED) is 0.939. The van der Waals surface area contributed by atoms with Crippen LogP contribution in [0.25, 0.3) is 11.3 Å². The summed E-state index contributed by atoms with van der Waals surface area (Å²) < 4.78 is 12.2. The molecule has 0 aliphatic rings. The van der Waals surface area contributed by atoms with E-state index in [0.717, 1.165) is 11.1 Å². The SMILES string of the molecule is COc1cc(C)c(-c2cc(N)n(C)n2)c(Cl)c1OC. The van der Waals surface area contributed by atoms with Crippen molar-refractivity contribution in [2.45, 2.75) is 6.92 Å². The molecule has 0 amide bonds. The molecule has 102 valence electrons. The highest BCUT2D eigenvalue weighted by molar-refractivity contribution is 6.35. The molecule has 0 unspecified atom stereocenters. The Hall–Kier alpha value is -1.88. The van der Waals surface area contributed by atoms with Crippen LogP contribution in [-0.2, 0) is 7.05 Å². The van der Waals surface area contributed by atoms with Gasteiger partial charge >= 0.3 is 0 Å². The van der Waals surface area contributed by atoms with E-state index in [1.54, 1.807) is 32.0 Å². The Kier molecular flexibility index (Phi) is 3.57. The number of nitrogens with two attached hydrogens (primary N) is 1. The lowest BCUT2D eigenvalue weighted by Gasteiger charge is -2.14. The number of aromatic nitrogens is 2. The third-order valence-corrected chi connectivity index (χ3v) is 3.34. The van der Waals surface area contributed by atoms with Crippen LogP contribution in [0.1, 0.15) is 5.56 Å². The maximum absolute atomic E-state index is 6.40. The molecule has 0 fully saturated rings. The van der Waals surface area contributed by atoms with E-state index in [1.807, 2.05) is 13.0 Å². The Bertz CT molecular complexity index is 603. The van der Waals surface area contributed by atoms with Crippen LogP contribution in [0, 0.1) is 6.92 Å². The Morgan fingerprint density at radius 3 is 2.42 bits per heavy atom. The van der Waals surface area contributed by atoms with E-state index in [2.05, 4.69) is 5.10 Å². The van der Waals surface area contributed by atoms with Crippen LogP contribution in [0.4, 0.5) is 5.82 Å². The van der Waals surface area contributed by atoms with Gasteiger partial charge in [-0.15, -0.1) is 0 Å². The Balaban J connectivity index is 2.70. The van der Waals surface area contributed by atoms with Gasteiger partial charge in [0.05, 0.1) is 24.9 Å². The van der Waals surface area contributed by atoms with Crippen molar-refractivity contribution in [1.29, 1.82) is 0 Å². The minimum Gasteiger partial charge on any atom is -0.493 e. The largest absolute Gasteiger partial charge is 0.493 e. The van der Waals surface area contributed by atoms with E-state index in [0.29, 0.717) is 28.0 Å². The first kappa shape index (κ1) is 13.5. The van der Waals surface area contributed by atoms with Gasteiger partial charge in [0.1, 0.15) is 5.82 Å². The molecule has 0 radical (unpaired) electrons. The van der Waals surface area contributed by atoms with Gasteiger partial charge in [-0.25, -0.2) is 0 Å². The van der Waals surface area contributed by atoms with Crippen molar-refractivity contribution in [3.8, 4) is 22.8 Å². The summed E-state index contributed by atoms with van der Waals surface area (Å²) >= 11 is 6.40. The maximum Gasteiger partial charge on any atom is 0.180 e. The van der Waals surface area contributed by atoms with E-state index in [-0.39, 0.29) is 0 Å². The fourth-order valence-corrected chi connectivity index (χ4v) is 2.41. The van der Waals surface area contributed by atoms with Gasteiger partial charge in [0, 0.05) is 18.7 Å². The fourth-order valence-electron chi connectivity index (χ4n) is 1.99. The van der Waals surface area contributed by atoms with Crippen LogP contribution >= 0.6 is 11.6 Å². The van der Waals surface area contributed by atoms with Gasteiger partial charge < -0.3 is 15.2 Å². The lowest BCUT2D eigenvalue weighted by molar-refractivity contribution is 0.355. The molecule has 0 saturated carbocycles. The summed E-state index contributed by atoms with van der Waals surface area (Å²) in [6.45, 7) is 1.94. The normalized spacial score (nSPS) is 10.6. The Labute approximate surface area is 116 Å². The highest BCUT2D eigenvalue weighted by atomic mass is 35.5. The van der Waals surface area contributed by atoms with Gasteiger partial charge in [-0.2, -0.15) is 5.10 Å². The zero-order chi connectivity index (χ0) is 14.2. The van der Waals surface area contributed by atoms with Gasteiger partial charge in [0.15, 0.2) is 11.5 Å². The molecule has 0 atom stereocenters. The summed E-state index contributed by atoms with van der Waals surface area (Å²) in [5.41, 5.74) is 8.26. The average Bonchev–Trinajstić information content (AvgIpc) is 2.68. The molecular weight excluding hydrogens is 266 g/mol. The lowest BCUT2D eigenvalue weighted by atomic mass is 10.0. The van der Waals surface area contributed by atoms with Crippen molar-refractivity contribution in [1.82, 2.24) is 9.78 Å². The second kappa shape index (κ2) is 5.01. The predicted molar refractivity (Wildman–Crippen MR) is 75.9 cm³/mol. The Morgan fingerprint density at radius 2 is 1.95 bits per heavy atom. The van der Waals surface area contributed by atoms with Crippen LogP contribution in [0.15, 0.2) is 12.1 Å². The van der Waals surface area contributed by atoms with Crippen molar-refractivity contribution in [3.05, 3.63) is 22.7 Å². The highest BCUT2D eigenvalue weighted by Crippen LogP contribution is 2.43. The molecule has 1 aromatic heterocycles. The minimum atomic E-state index is 0.470. The number of rotatable bonds is 3. The molecule has 0 bridgehead atoms. The molecule has 6 heteroatoms. The number of benzene rings is 1. The van der Waals surface area contributed by atoms with E-state index >= 15 is 0 Å². The third-order valence-electron chi connectivity index (χ3n) is 2.98. The molecule has 0 aliphatic carbocycles. The Morgan fingerprint density at radius 1 is 1.26 bits per heavy atom. The molecule has 0 aliphatic heterocycles. The van der Waals surface area contributed by atoms with Crippen molar-refractivity contribution >= 4 is 17.4 Å². The highest BCUT2D eigenvalue weighted by Gasteiger charge is 2.19. The lowest BCUT2D eigenvalue weighted by Crippen LogP contribution is -1.98. The number of anilines is 1. The number of hydrogen-bond acceptors (Lipinski definition) is 4. The first-order valence-corrected chi connectivity index (χ1v) is 6.08.